The average molecular weight is 294 g/mol. The maximum absolute atomic E-state index is 12.5. The lowest BCUT2D eigenvalue weighted by Crippen LogP contribution is -2.48. The number of nitro groups is 1. The summed E-state index contributed by atoms with van der Waals surface area (Å²) in [6.07, 6.45) is -0.115. The number of carbonyl (C=O) groups excluding carboxylic acids is 1. The second kappa shape index (κ2) is 6.06. The van der Waals surface area contributed by atoms with E-state index in [0.717, 1.165) is 0 Å². The summed E-state index contributed by atoms with van der Waals surface area (Å²) in [6, 6.07) is 4.19. The van der Waals surface area contributed by atoms with E-state index in [2.05, 4.69) is 5.43 Å². The molecule has 2 rings (SSSR count). The smallest absolute Gasteiger partial charge is 0.294 e. The molecule has 114 valence electrons. The van der Waals surface area contributed by atoms with Gasteiger partial charge in [0.1, 0.15) is 5.69 Å². The highest BCUT2D eigenvalue weighted by Crippen LogP contribution is 2.25. The van der Waals surface area contributed by atoms with Crippen LogP contribution in [0, 0.1) is 10.1 Å². The molecule has 1 aliphatic rings. The Bertz CT molecular complexity index is 553. The van der Waals surface area contributed by atoms with Crippen LogP contribution in [0.1, 0.15) is 24.2 Å². The van der Waals surface area contributed by atoms with Crippen molar-refractivity contribution in [2.24, 2.45) is 5.84 Å². The van der Waals surface area contributed by atoms with Gasteiger partial charge < -0.3 is 15.1 Å². The minimum atomic E-state index is -0.573. The molecule has 3 N–H and O–H groups in total. The predicted molar refractivity (Wildman–Crippen MR) is 76.8 cm³/mol. The highest BCUT2D eigenvalue weighted by molar-refractivity contribution is 5.95. The molecule has 1 heterocycles. The van der Waals surface area contributed by atoms with Crippen molar-refractivity contribution >= 4 is 17.3 Å². The Hall–Kier alpha value is -2.19. The van der Waals surface area contributed by atoms with Crippen molar-refractivity contribution < 1.29 is 14.5 Å². The van der Waals surface area contributed by atoms with E-state index in [1.54, 1.807) is 4.90 Å². The molecule has 8 heteroatoms. The Morgan fingerprint density at radius 1 is 1.43 bits per heavy atom. The Labute approximate surface area is 122 Å². The van der Waals surface area contributed by atoms with Gasteiger partial charge in [-0.1, -0.05) is 0 Å². The molecule has 2 unspecified atom stereocenters. The van der Waals surface area contributed by atoms with Gasteiger partial charge in [-0.2, -0.15) is 0 Å². The fraction of sp³-hybridized carbons (Fsp3) is 0.462. The lowest BCUT2D eigenvalue weighted by Gasteiger charge is -2.35. The van der Waals surface area contributed by atoms with E-state index in [1.165, 1.54) is 18.2 Å². The number of morpholine rings is 1. The number of rotatable bonds is 3. The van der Waals surface area contributed by atoms with Crippen molar-refractivity contribution in [2.45, 2.75) is 26.1 Å². The van der Waals surface area contributed by atoms with Gasteiger partial charge in [0, 0.05) is 24.7 Å². The number of nitro benzene ring substituents is 1. The zero-order chi connectivity index (χ0) is 15.6. The molecule has 1 aromatic rings. The van der Waals surface area contributed by atoms with Gasteiger partial charge in [0.25, 0.3) is 11.6 Å². The fourth-order valence-electron chi connectivity index (χ4n) is 2.46. The molecule has 21 heavy (non-hydrogen) atoms. The Kier molecular flexibility index (Phi) is 4.39. The zero-order valence-electron chi connectivity index (χ0n) is 11.9. The lowest BCUT2D eigenvalue weighted by molar-refractivity contribution is -0.384. The molecule has 8 nitrogen and oxygen atoms in total. The van der Waals surface area contributed by atoms with E-state index < -0.39 is 4.92 Å². The first kappa shape index (κ1) is 15.2. The van der Waals surface area contributed by atoms with Crippen LogP contribution in [0.15, 0.2) is 18.2 Å². The molecule has 1 aliphatic heterocycles. The maximum atomic E-state index is 12.5. The number of nitrogens with one attached hydrogen (secondary N) is 1. The van der Waals surface area contributed by atoms with Gasteiger partial charge in [0.2, 0.25) is 0 Å². The van der Waals surface area contributed by atoms with Crippen molar-refractivity contribution in [3.63, 3.8) is 0 Å². The maximum Gasteiger partial charge on any atom is 0.294 e. The SMILES string of the molecule is CC1CN(C(=O)c2ccc(NN)c([N+](=O)[O-])c2)CC(C)O1. The number of hydrogen-bond acceptors (Lipinski definition) is 6. The summed E-state index contributed by atoms with van der Waals surface area (Å²) in [7, 11) is 0. The molecular formula is C13H18N4O4. The van der Waals surface area contributed by atoms with Gasteiger partial charge in [0.15, 0.2) is 0 Å². The molecule has 1 saturated heterocycles. The molecule has 1 fully saturated rings. The summed E-state index contributed by atoms with van der Waals surface area (Å²) >= 11 is 0. The topological polar surface area (TPSA) is 111 Å². The van der Waals surface area contributed by atoms with Crippen LogP contribution in [0.3, 0.4) is 0 Å². The van der Waals surface area contributed by atoms with Gasteiger partial charge in [-0.15, -0.1) is 0 Å². The average Bonchev–Trinajstić information content (AvgIpc) is 2.44. The first-order valence-corrected chi connectivity index (χ1v) is 6.62. The van der Waals surface area contributed by atoms with Crippen molar-refractivity contribution in [1.29, 1.82) is 0 Å². The number of anilines is 1. The second-order valence-corrected chi connectivity index (χ2v) is 5.10. The summed E-state index contributed by atoms with van der Waals surface area (Å²) < 4.78 is 5.57. The second-order valence-electron chi connectivity index (χ2n) is 5.10. The van der Waals surface area contributed by atoms with Crippen LogP contribution in [-0.2, 0) is 4.74 Å². The van der Waals surface area contributed by atoms with E-state index >= 15 is 0 Å². The first-order chi connectivity index (χ1) is 9.92. The Morgan fingerprint density at radius 2 is 2.05 bits per heavy atom. The standard InChI is InChI=1S/C13H18N4O4/c1-8-6-16(7-9(2)21-8)13(18)10-3-4-11(15-14)12(5-10)17(19)20/h3-5,8-9,15H,6-7,14H2,1-2H3. The van der Waals surface area contributed by atoms with E-state index in [9.17, 15) is 14.9 Å². The third kappa shape index (κ3) is 3.29. The molecule has 0 aromatic heterocycles. The lowest BCUT2D eigenvalue weighted by atomic mass is 10.1. The Morgan fingerprint density at radius 3 is 2.57 bits per heavy atom. The van der Waals surface area contributed by atoms with Crippen molar-refractivity contribution in [3.8, 4) is 0 Å². The number of amides is 1. The van der Waals surface area contributed by atoms with Crippen LogP contribution in [0.2, 0.25) is 0 Å². The monoisotopic (exact) mass is 294 g/mol. The van der Waals surface area contributed by atoms with Gasteiger partial charge in [-0.05, 0) is 26.0 Å². The normalized spacial score (nSPS) is 22.0. The summed E-state index contributed by atoms with van der Waals surface area (Å²) in [6.45, 7) is 4.71. The minimum Gasteiger partial charge on any atom is -0.372 e. The van der Waals surface area contributed by atoms with Crippen molar-refractivity contribution in [1.82, 2.24) is 4.90 Å². The summed E-state index contributed by atoms with van der Waals surface area (Å²) in [4.78, 5) is 24.5. The third-order valence-corrected chi connectivity index (χ3v) is 3.30. The zero-order valence-corrected chi connectivity index (χ0v) is 11.9. The van der Waals surface area contributed by atoms with E-state index in [0.29, 0.717) is 13.1 Å². The van der Waals surface area contributed by atoms with Gasteiger partial charge in [0.05, 0.1) is 17.1 Å². The summed E-state index contributed by atoms with van der Waals surface area (Å²) in [5, 5.41) is 11.0. The van der Waals surface area contributed by atoms with Crippen LogP contribution in [0.5, 0.6) is 0 Å². The van der Waals surface area contributed by atoms with E-state index in [4.69, 9.17) is 10.6 Å². The molecular weight excluding hydrogens is 276 g/mol. The molecule has 0 radical (unpaired) electrons. The van der Waals surface area contributed by atoms with E-state index in [-0.39, 0.29) is 35.1 Å². The van der Waals surface area contributed by atoms with Crippen LogP contribution >= 0.6 is 0 Å². The number of carbonyl (C=O) groups is 1. The molecule has 1 aromatic carbocycles. The van der Waals surface area contributed by atoms with Gasteiger partial charge in [-0.25, -0.2) is 0 Å². The fourth-order valence-corrected chi connectivity index (χ4v) is 2.46. The van der Waals surface area contributed by atoms with Crippen molar-refractivity contribution in [3.05, 3.63) is 33.9 Å². The predicted octanol–water partition coefficient (Wildman–Crippen LogP) is 1.13. The summed E-state index contributed by atoms with van der Waals surface area (Å²) in [5.74, 6) is 4.98. The van der Waals surface area contributed by atoms with Gasteiger partial charge >= 0.3 is 0 Å². The van der Waals surface area contributed by atoms with Crippen LogP contribution < -0.4 is 11.3 Å². The van der Waals surface area contributed by atoms with E-state index in [1.807, 2.05) is 13.8 Å². The highest BCUT2D eigenvalue weighted by Gasteiger charge is 2.27. The third-order valence-electron chi connectivity index (χ3n) is 3.30. The van der Waals surface area contributed by atoms with Crippen LogP contribution in [-0.4, -0.2) is 41.0 Å². The molecule has 1 amide bonds. The molecule has 0 bridgehead atoms. The number of ether oxygens (including phenoxy) is 1. The van der Waals surface area contributed by atoms with Crippen molar-refractivity contribution in [2.75, 3.05) is 18.5 Å². The van der Waals surface area contributed by atoms with Gasteiger partial charge in [-0.3, -0.25) is 20.8 Å². The minimum absolute atomic E-state index is 0.0577. The number of nitrogens with two attached hydrogens (primary N) is 1. The molecule has 0 saturated carbocycles. The quantitative estimate of drug-likeness (QED) is 0.491. The van der Waals surface area contributed by atoms with Crippen LogP contribution in [0.25, 0.3) is 0 Å². The first-order valence-electron chi connectivity index (χ1n) is 6.62. The number of benzene rings is 1. The molecule has 2 atom stereocenters. The Balaban J connectivity index is 2.27. The molecule has 0 spiro atoms. The number of hydrogen-bond donors (Lipinski definition) is 2. The summed E-state index contributed by atoms with van der Waals surface area (Å²) in [5.41, 5.74) is 2.46. The molecule has 0 aliphatic carbocycles. The van der Waals surface area contributed by atoms with Crippen LogP contribution in [0.4, 0.5) is 11.4 Å². The largest absolute Gasteiger partial charge is 0.372 e. The number of hydrazine groups is 1. The number of nitrogens with zero attached hydrogens (tertiary/aromatic N) is 2. The number of nitrogen functional groups attached to an aromatic ring is 1. The highest BCUT2D eigenvalue weighted by atomic mass is 16.6.